The predicted octanol–water partition coefficient (Wildman–Crippen LogP) is 3.58. The van der Waals surface area contributed by atoms with E-state index in [1.807, 2.05) is 12.3 Å². The Labute approximate surface area is 167 Å². The van der Waals surface area contributed by atoms with E-state index in [-0.39, 0.29) is 11.3 Å². The van der Waals surface area contributed by atoms with Crippen LogP contribution < -0.4 is 4.90 Å². The maximum Gasteiger partial charge on any atom is 0.226 e. The highest BCUT2D eigenvalue weighted by atomic mass is 16.2. The third kappa shape index (κ3) is 3.89. The second-order valence-corrected chi connectivity index (χ2v) is 9.03. The van der Waals surface area contributed by atoms with Gasteiger partial charge in [-0.3, -0.25) is 4.79 Å². The van der Waals surface area contributed by atoms with Crippen molar-refractivity contribution >= 4 is 11.7 Å². The van der Waals surface area contributed by atoms with Crippen molar-refractivity contribution in [3.8, 4) is 0 Å². The molecule has 2 aliphatic heterocycles. The van der Waals surface area contributed by atoms with Crippen LogP contribution in [0.15, 0.2) is 36.5 Å². The largest absolute Gasteiger partial charge is 0.356 e. The van der Waals surface area contributed by atoms with Gasteiger partial charge in [-0.2, -0.15) is 0 Å². The molecule has 0 spiro atoms. The summed E-state index contributed by atoms with van der Waals surface area (Å²) in [5, 5.41) is 0. The van der Waals surface area contributed by atoms with Gasteiger partial charge in [0.05, 0.1) is 0 Å². The molecule has 4 rings (SSSR count). The summed E-state index contributed by atoms with van der Waals surface area (Å²) in [6.45, 7) is 9.76. The molecular formula is C23H30N4O. The van der Waals surface area contributed by atoms with E-state index in [9.17, 15) is 4.79 Å². The number of fused-ring (bicyclic) bond motifs is 1. The number of hydrogen-bond acceptors (Lipinski definition) is 4. The lowest BCUT2D eigenvalue weighted by Gasteiger charge is -2.36. The minimum Gasteiger partial charge on any atom is -0.356 e. The first-order valence-electron chi connectivity index (χ1n) is 10.4. The van der Waals surface area contributed by atoms with Crippen LogP contribution in [0.4, 0.5) is 5.82 Å². The molecule has 3 heterocycles. The molecule has 28 heavy (non-hydrogen) atoms. The molecule has 0 unspecified atom stereocenters. The lowest BCUT2D eigenvalue weighted by Crippen LogP contribution is -2.44. The minimum absolute atomic E-state index is 0.0607. The van der Waals surface area contributed by atoms with Gasteiger partial charge in [-0.05, 0) is 36.5 Å². The van der Waals surface area contributed by atoms with Gasteiger partial charge >= 0.3 is 0 Å². The molecule has 1 amide bonds. The van der Waals surface area contributed by atoms with Gasteiger partial charge in [0.1, 0.15) is 11.6 Å². The van der Waals surface area contributed by atoms with Crippen LogP contribution in [0.3, 0.4) is 0 Å². The van der Waals surface area contributed by atoms with Crippen LogP contribution in [-0.2, 0) is 23.2 Å². The van der Waals surface area contributed by atoms with E-state index in [4.69, 9.17) is 4.98 Å². The summed E-state index contributed by atoms with van der Waals surface area (Å²) in [6.07, 6.45) is 4.61. The smallest absolute Gasteiger partial charge is 0.226 e. The highest BCUT2D eigenvalue weighted by Crippen LogP contribution is 2.27. The van der Waals surface area contributed by atoms with Crippen LogP contribution in [-0.4, -0.2) is 40.4 Å². The van der Waals surface area contributed by atoms with E-state index >= 15 is 0 Å². The van der Waals surface area contributed by atoms with Gasteiger partial charge < -0.3 is 9.80 Å². The van der Waals surface area contributed by atoms with Gasteiger partial charge in [-0.25, -0.2) is 9.97 Å². The molecule has 0 atom stereocenters. The van der Waals surface area contributed by atoms with E-state index in [0.717, 1.165) is 57.1 Å². The zero-order valence-corrected chi connectivity index (χ0v) is 17.2. The van der Waals surface area contributed by atoms with Crippen LogP contribution in [0, 0.1) is 5.92 Å². The average Bonchev–Trinajstić information content (AvgIpc) is 2.72. The molecule has 0 radical (unpaired) electrons. The van der Waals surface area contributed by atoms with Crippen molar-refractivity contribution in [1.29, 1.82) is 0 Å². The van der Waals surface area contributed by atoms with Crippen LogP contribution in [0.1, 0.15) is 50.6 Å². The standard InChI is InChI=1S/C23H30N4O/c1-23(2,3)22-24-12-8-20(25-22)26-13-10-18(11-14-26)21(28)27-15-9-17-6-4-5-7-19(17)16-27/h4-8,12,18H,9-11,13-16H2,1-3H3. The first-order valence-corrected chi connectivity index (χ1v) is 10.4. The van der Waals surface area contributed by atoms with Crippen LogP contribution >= 0.6 is 0 Å². The molecule has 1 aromatic heterocycles. The summed E-state index contributed by atoms with van der Waals surface area (Å²) in [5.41, 5.74) is 2.63. The number of amides is 1. The Morgan fingerprint density at radius 2 is 1.75 bits per heavy atom. The molecular weight excluding hydrogens is 348 g/mol. The Balaban J connectivity index is 1.38. The fourth-order valence-electron chi connectivity index (χ4n) is 4.18. The van der Waals surface area contributed by atoms with Crippen molar-refractivity contribution in [1.82, 2.24) is 14.9 Å². The van der Waals surface area contributed by atoms with Gasteiger partial charge in [0.2, 0.25) is 5.91 Å². The summed E-state index contributed by atoms with van der Waals surface area (Å²) >= 11 is 0. The maximum atomic E-state index is 13.1. The fourth-order valence-corrected chi connectivity index (χ4v) is 4.18. The molecule has 148 valence electrons. The molecule has 5 heteroatoms. The molecule has 0 saturated carbocycles. The average molecular weight is 379 g/mol. The predicted molar refractivity (Wildman–Crippen MR) is 111 cm³/mol. The van der Waals surface area contributed by atoms with Crippen molar-refractivity contribution in [2.45, 2.75) is 52.0 Å². The number of nitrogens with zero attached hydrogens (tertiary/aromatic N) is 4. The number of carbonyl (C=O) groups excluding carboxylic acids is 1. The van der Waals surface area contributed by atoms with Crippen LogP contribution in [0.2, 0.25) is 0 Å². The number of piperidine rings is 1. The summed E-state index contributed by atoms with van der Waals surface area (Å²) in [5.74, 6) is 2.31. The van der Waals surface area contributed by atoms with Crippen LogP contribution in [0.25, 0.3) is 0 Å². The van der Waals surface area contributed by atoms with Gasteiger partial charge in [0.25, 0.3) is 0 Å². The quantitative estimate of drug-likeness (QED) is 0.802. The Hall–Kier alpha value is -2.43. The van der Waals surface area contributed by atoms with Crippen molar-refractivity contribution in [2.24, 2.45) is 5.92 Å². The highest BCUT2D eigenvalue weighted by Gasteiger charge is 2.31. The molecule has 2 aliphatic rings. The number of anilines is 1. The number of carbonyl (C=O) groups is 1. The number of rotatable bonds is 2. The summed E-state index contributed by atoms with van der Waals surface area (Å²) in [6, 6.07) is 10.5. The molecule has 1 aromatic carbocycles. The molecule has 0 aliphatic carbocycles. The van der Waals surface area contributed by atoms with Crippen molar-refractivity contribution < 1.29 is 4.79 Å². The van der Waals surface area contributed by atoms with Gasteiger partial charge in [0.15, 0.2) is 0 Å². The monoisotopic (exact) mass is 378 g/mol. The van der Waals surface area contributed by atoms with Crippen molar-refractivity contribution in [3.63, 3.8) is 0 Å². The molecule has 2 aromatic rings. The normalized spacial score (nSPS) is 18.1. The Morgan fingerprint density at radius 1 is 1.04 bits per heavy atom. The van der Waals surface area contributed by atoms with Gasteiger partial charge in [0, 0.05) is 43.7 Å². The minimum atomic E-state index is -0.0607. The van der Waals surface area contributed by atoms with Gasteiger partial charge in [-0.15, -0.1) is 0 Å². The zero-order valence-electron chi connectivity index (χ0n) is 17.2. The number of benzene rings is 1. The molecule has 1 fully saturated rings. The van der Waals surface area contributed by atoms with Crippen molar-refractivity contribution in [2.75, 3.05) is 24.5 Å². The van der Waals surface area contributed by atoms with E-state index in [1.165, 1.54) is 11.1 Å². The van der Waals surface area contributed by atoms with Crippen molar-refractivity contribution in [3.05, 3.63) is 53.5 Å². The Morgan fingerprint density at radius 3 is 2.46 bits per heavy atom. The fraction of sp³-hybridized carbons (Fsp3) is 0.522. The Bertz CT molecular complexity index is 850. The maximum absolute atomic E-state index is 13.1. The van der Waals surface area contributed by atoms with Gasteiger partial charge in [-0.1, -0.05) is 45.0 Å². The van der Waals surface area contributed by atoms with E-state index in [0.29, 0.717) is 5.91 Å². The summed E-state index contributed by atoms with van der Waals surface area (Å²) < 4.78 is 0. The first-order chi connectivity index (χ1) is 13.4. The summed E-state index contributed by atoms with van der Waals surface area (Å²) in [4.78, 5) is 26.6. The highest BCUT2D eigenvalue weighted by molar-refractivity contribution is 5.79. The van der Waals surface area contributed by atoms with Crippen LogP contribution in [0.5, 0.6) is 0 Å². The molecule has 1 saturated heterocycles. The zero-order chi connectivity index (χ0) is 19.7. The lowest BCUT2D eigenvalue weighted by molar-refractivity contribution is -0.137. The molecule has 0 N–H and O–H groups in total. The third-order valence-electron chi connectivity index (χ3n) is 5.92. The topological polar surface area (TPSA) is 49.3 Å². The number of hydrogen-bond donors (Lipinski definition) is 0. The molecule has 5 nitrogen and oxygen atoms in total. The first kappa shape index (κ1) is 18.9. The molecule has 0 bridgehead atoms. The second kappa shape index (κ2) is 7.53. The lowest BCUT2D eigenvalue weighted by atomic mass is 9.93. The number of aromatic nitrogens is 2. The summed E-state index contributed by atoms with van der Waals surface area (Å²) in [7, 11) is 0. The third-order valence-corrected chi connectivity index (χ3v) is 5.92. The Kier molecular flexibility index (Phi) is 5.09. The SMILES string of the molecule is CC(C)(C)c1nccc(N2CCC(C(=O)N3CCc4ccccc4C3)CC2)n1. The van der Waals surface area contributed by atoms with E-state index in [2.05, 4.69) is 59.8 Å². The van der Waals surface area contributed by atoms with E-state index < -0.39 is 0 Å². The second-order valence-electron chi connectivity index (χ2n) is 9.03. The van der Waals surface area contributed by atoms with E-state index in [1.54, 1.807) is 0 Å².